The van der Waals surface area contributed by atoms with Crippen LogP contribution in [0.1, 0.15) is 16.7 Å². The molecule has 4 rings (SSSR count). The number of hydrogen-bond acceptors (Lipinski definition) is 5. The number of nitriles is 2. The Labute approximate surface area is 185 Å². The van der Waals surface area contributed by atoms with E-state index in [1.807, 2.05) is 83.8 Å². The second-order valence-corrected chi connectivity index (χ2v) is 7.19. The van der Waals surface area contributed by atoms with E-state index in [4.69, 9.17) is 4.98 Å². The lowest BCUT2D eigenvalue weighted by molar-refractivity contribution is 0.778. The Bertz CT molecular complexity index is 1350. The Hall–Kier alpha value is -4.68. The first kappa shape index (κ1) is 20.6. The normalized spacial score (nSPS) is 10.2. The average Bonchev–Trinajstić information content (AvgIpc) is 2.84. The van der Waals surface area contributed by atoms with Gasteiger partial charge in [-0.25, -0.2) is 4.98 Å². The van der Waals surface area contributed by atoms with Crippen LogP contribution in [0, 0.1) is 22.7 Å². The first-order chi connectivity index (χ1) is 15.7. The fourth-order valence-corrected chi connectivity index (χ4v) is 3.51. The van der Waals surface area contributed by atoms with Crippen LogP contribution < -0.4 is 10.5 Å². The van der Waals surface area contributed by atoms with Crippen molar-refractivity contribution in [3.8, 4) is 12.1 Å². The van der Waals surface area contributed by atoms with Crippen molar-refractivity contribution in [1.82, 2.24) is 9.38 Å². The zero-order valence-corrected chi connectivity index (χ0v) is 17.2. The quantitative estimate of drug-likeness (QED) is 0.436. The van der Waals surface area contributed by atoms with Crippen LogP contribution in [0.25, 0.3) is 11.7 Å². The van der Waals surface area contributed by atoms with Gasteiger partial charge in [0.2, 0.25) is 0 Å². The average molecular weight is 417 g/mol. The smallest absolute Gasteiger partial charge is 0.267 e. The largest absolute Gasteiger partial charge is 0.347 e. The van der Waals surface area contributed by atoms with Crippen LogP contribution in [0.3, 0.4) is 0 Å². The highest BCUT2D eigenvalue weighted by molar-refractivity contribution is 5.71. The fraction of sp³-hybridized carbons (Fsp3) is 0.0769. The lowest BCUT2D eigenvalue weighted by Gasteiger charge is -2.26. The monoisotopic (exact) mass is 417 g/mol. The standard InChI is InChI=1S/C26H19N5O/c27-16-22(17-28)15-23-25(29-24-13-7-8-14-31(24)26(23)32)30(18-20-9-3-1-4-10-20)19-21-11-5-2-6-12-21/h1-15H,18-19H2. The van der Waals surface area contributed by atoms with Crippen LogP contribution in [0.2, 0.25) is 0 Å². The maximum Gasteiger partial charge on any atom is 0.267 e. The van der Waals surface area contributed by atoms with Crippen molar-refractivity contribution in [2.75, 3.05) is 4.90 Å². The third-order valence-electron chi connectivity index (χ3n) is 5.01. The Kier molecular flexibility index (Phi) is 6.06. The molecule has 0 unspecified atom stereocenters. The summed E-state index contributed by atoms with van der Waals surface area (Å²) < 4.78 is 1.42. The molecule has 0 radical (unpaired) electrons. The molecule has 0 saturated carbocycles. The summed E-state index contributed by atoms with van der Waals surface area (Å²) in [6.07, 6.45) is 2.95. The van der Waals surface area contributed by atoms with Gasteiger partial charge in [-0.05, 0) is 29.3 Å². The van der Waals surface area contributed by atoms with E-state index in [-0.39, 0.29) is 16.7 Å². The Balaban J connectivity index is 1.94. The summed E-state index contributed by atoms with van der Waals surface area (Å²) in [5.74, 6) is 0.428. The van der Waals surface area contributed by atoms with Crippen molar-refractivity contribution in [2.45, 2.75) is 13.1 Å². The summed E-state index contributed by atoms with van der Waals surface area (Å²) in [7, 11) is 0. The van der Waals surface area contributed by atoms with Crippen LogP contribution >= 0.6 is 0 Å². The van der Waals surface area contributed by atoms with Gasteiger partial charge in [0.25, 0.3) is 5.56 Å². The van der Waals surface area contributed by atoms with E-state index < -0.39 is 0 Å². The van der Waals surface area contributed by atoms with E-state index in [1.165, 1.54) is 10.5 Å². The molecule has 6 heteroatoms. The minimum absolute atomic E-state index is 0.152. The van der Waals surface area contributed by atoms with Gasteiger partial charge in [-0.1, -0.05) is 66.7 Å². The van der Waals surface area contributed by atoms with Crippen molar-refractivity contribution >= 4 is 17.5 Å². The van der Waals surface area contributed by atoms with Gasteiger partial charge in [0.1, 0.15) is 29.2 Å². The fourth-order valence-electron chi connectivity index (χ4n) is 3.51. The second-order valence-electron chi connectivity index (χ2n) is 7.19. The number of rotatable bonds is 6. The number of benzene rings is 2. The molecule has 2 heterocycles. The molecule has 2 aromatic heterocycles. The highest BCUT2D eigenvalue weighted by Gasteiger charge is 2.19. The molecule has 0 saturated heterocycles. The summed E-state index contributed by atoms with van der Waals surface area (Å²) in [6.45, 7) is 1.00. The van der Waals surface area contributed by atoms with Gasteiger partial charge in [-0.2, -0.15) is 10.5 Å². The molecule has 0 aliphatic rings. The summed E-state index contributed by atoms with van der Waals surface area (Å²) in [4.78, 5) is 20.1. The summed E-state index contributed by atoms with van der Waals surface area (Å²) in [5.41, 5.74) is 2.31. The number of hydrogen-bond donors (Lipinski definition) is 0. The molecule has 154 valence electrons. The molecule has 0 N–H and O–H groups in total. The van der Waals surface area contributed by atoms with E-state index in [0.29, 0.717) is 24.6 Å². The SMILES string of the molecule is N#CC(C#N)=Cc1c(N(Cc2ccccc2)Cc2ccccc2)nc2ccccn2c1=O. The first-order valence-corrected chi connectivity index (χ1v) is 10.1. The lowest BCUT2D eigenvalue weighted by atomic mass is 10.1. The number of pyridine rings is 1. The van der Waals surface area contributed by atoms with E-state index in [0.717, 1.165) is 11.1 Å². The van der Waals surface area contributed by atoms with Crippen LogP contribution in [0.15, 0.2) is 95.4 Å². The van der Waals surface area contributed by atoms with Crippen molar-refractivity contribution in [2.24, 2.45) is 0 Å². The molecule has 0 aliphatic heterocycles. The van der Waals surface area contributed by atoms with Crippen molar-refractivity contribution in [3.63, 3.8) is 0 Å². The van der Waals surface area contributed by atoms with Gasteiger partial charge in [-0.3, -0.25) is 9.20 Å². The predicted molar refractivity (Wildman–Crippen MR) is 123 cm³/mol. The number of nitrogens with zero attached hydrogens (tertiary/aromatic N) is 5. The number of aromatic nitrogens is 2. The summed E-state index contributed by atoms with van der Waals surface area (Å²) >= 11 is 0. The van der Waals surface area contributed by atoms with E-state index in [1.54, 1.807) is 18.3 Å². The third-order valence-corrected chi connectivity index (χ3v) is 5.01. The number of allylic oxidation sites excluding steroid dienone is 1. The maximum absolute atomic E-state index is 13.4. The first-order valence-electron chi connectivity index (χ1n) is 10.1. The molecule has 6 nitrogen and oxygen atoms in total. The van der Waals surface area contributed by atoms with Crippen LogP contribution in [-0.4, -0.2) is 9.38 Å². The van der Waals surface area contributed by atoms with Crippen molar-refractivity contribution < 1.29 is 0 Å². The molecule has 4 aromatic rings. The third kappa shape index (κ3) is 4.40. The van der Waals surface area contributed by atoms with Crippen molar-refractivity contribution in [3.05, 3.63) is 118 Å². The maximum atomic E-state index is 13.4. The molecule has 0 fully saturated rings. The number of fused-ring (bicyclic) bond motifs is 1. The summed E-state index contributed by atoms with van der Waals surface area (Å²) in [5, 5.41) is 18.6. The zero-order chi connectivity index (χ0) is 22.3. The van der Waals surface area contributed by atoms with Crippen LogP contribution in [0.4, 0.5) is 5.82 Å². The van der Waals surface area contributed by atoms with Gasteiger partial charge >= 0.3 is 0 Å². The molecule has 32 heavy (non-hydrogen) atoms. The van der Waals surface area contributed by atoms with Crippen LogP contribution in [-0.2, 0) is 13.1 Å². The molecule has 0 aliphatic carbocycles. The molecule has 0 amide bonds. The molecular formula is C26H19N5O. The van der Waals surface area contributed by atoms with Gasteiger partial charge in [-0.15, -0.1) is 0 Å². The molecular weight excluding hydrogens is 398 g/mol. The minimum atomic E-state index is -0.334. The Morgan fingerprint density at radius 1 is 0.875 bits per heavy atom. The van der Waals surface area contributed by atoms with E-state index in [2.05, 4.69) is 0 Å². The van der Waals surface area contributed by atoms with Gasteiger partial charge in [0.05, 0.1) is 5.56 Å². The highest BCUT2D eigenvalue weighted by Crippen LogP contribution is 2.23. The second kappa shape index (κ2) is 9.42. The van der Waals surface area contributed by atoms with Gasteiger partial charge in [0, 0.05) is 19.3 Å². The van der Waals surface area contributed by atoms with Crippen molar-refractivity contribution in [1.29, 1.82) is 10.5 Å². The Morgan fingerprint density at radius 2 is 1.44 bits per heavy atom. The zero-order valence-electron chi connectivity index (χ0n) is 17.2. The minimum Gasteiger partial charge on any atom is -0.347 e. The molecule has 2 aromatic carbocycles. The molecule has 0 atom stereocenters. The predicted octanol–water partition coefficient (Wildman–Crippen LogP) is 4.33. The summed E-state index contributed by atoms with van der Waals surface area (Å²) in [6, 6.07) is 28.8. The molecule has 0 bridgehead atoms. The van der Waals surface area contributed by atoms with E-state index in [9.17, 15) is 15.3 Å². The molecule has 0 spiro atoms. The lowest BCUT2D eigenvalue weighted by Crippen LogP contribution is -2.29. The topological polar surface area (TPSA) is 85.2 Å². The van der Waals surface area contributed by atoms with Gasteiger partial charge in [0.15, 0.2) is 0 Å². The Morgan fingerprint density at radius 3 is 2.00 bits per heavy atom. The van der Waals surface area contributed by atoms with Gasteiger partial charge < -0.3 is 4.90 Å². The van der Waals surface area contributed by atoms with Crippen LogP contribution in [0.5, 0.6) is 0 Å². The highest BCUT2D eigenvalue weighted by atomic mass is 16.1. The van der Waals surface area contributed by atoms with E-state index >= 15 is 0 Å². The number of anilines is 1.